The second kappa shape index (κ2) is 127. The minimum atomic E-state index is -1.18. The third kappa shape index (κ3) is 151. The van der Waals surface area contributed by atoms with Gasteiger partial charge < -0.3 is 11.7 Å². The first-order valence-corrected chi connectivity index (χ1v) is 14.8. The van der Waals surface area contributed by atoms with E-state index < -0.39 is 4.95 Å². The van der Waals surface area contributed by atoms with E-state index in [1.165, 1.54) is 0 Å². The van der Waals surface area contributed by atoms with Gasteiger partial charge in [0.05, 0.1) is 15.7 Å². The van der Waals surface area contributed by atoms with Gasteiger partial charge in [-0.15, -0.1) is 28.0 Å². The fraction of sp³-hybridized carbons (Fsp3) is 0.196. The van der Waals surface area contributed by atoms with E-state index in [2.05, 4.69) is 270 Å². The van der Waals surface area contributed by atoms with Gasteiger partial charge in [-0.25, -0.2) is 0 Å². The summed E-state index contributed by atoms with van der Waals surface area (Å²) >= 11 is 4.00. The zero-order chi connectivity index (χ0) is 39.6. The van der Waals surface area contributed by atoms with E-state index in [4.69, 9.17) is 18.4 Å². The number of hydrogen-bond donors (Lipinski definition) is 0. The van der Waals surface area contributed by atoms with Gasteiger partial charge in [0.15, 0.2) is 11.8 Å². The van der Waals surface area contributed by atoms with Crippen molar-refractivity contribution in [2.75, 3.05) is 0 Å². The minimum absolute atomic E-state index is 0. The van der Waals surface area contributed by atoms with Crippen molar-refractivity contribution in [1.82, 2.24) is 0 Å². The number of rotatable bonds is 0. The van der Waals surface area contributed by atoms with Crippen molar-refractivity contribution in [3.63, 3.8) is 0 Å². The second-order valence-corrected chi connectivity index (χ2v) is 7.26. The molecule has 0 fully saturated rings. The van der Waals surface area contributed by atoms with Crippen LogP contribution in [0.15, 0.2) is 0 Å². The summed E-state index contributed by atoms with van der Waals surface area (Å²) in [7, 11) is 15.0. The maximum absolute atomic E-state index is 6.56. The van der Waals surface area contributed by atoms with Crippen LogP contribution in [0, 0.1) is 269 Å². The average molecular weight is 1090 g/mol. The maximum atomic E-state index is 6.56. The molecule has 0 heterocycles. The molecule has 0 rings (SSSR count). The summed E-state index contributed by atoms with van der Waals surface area (Å²) < 4.78 is 12.6. The van der Waals surface area contributed by atoms with E-state index in [0.29, 0.717) is 0 Å². The molecule has 0 aliphatic rings. The Morgan fingerprint density at radius 3 is 0.588 bits per heavy atom. The van der Waals surface area contributed by atoms with Crippen molar-refractivity contribution in [3.05, 3.63) is 7.43 Å². The van der Waals surface area contributed by atoms with Gasteiger partial charge in [0, 0.05) is 151 Å². The normalized spacial score (nSPS) is 3.62. The van der Waals surface area contributed by atoms with Gasteiger partial charge in [0.1, 0.15) is 10.8 Å². The molecule has 0 aromatic heterocycles. The van der Waals surface area contributed by atoms with Gasteiger partial charge >= 0.3 is 308 Å². The van der Waals surface area contributed by atoms with Crippen molar-refractivity contribution in [3.8, 4) is 261 Å². The van der Waals surface area contributed by atoms with Crippen LogP contribution in [-0.2, 0) is 11.8 Å². The molecule has 0 aliphatic carbocycles. The summed E-state index contributed by atoms with van der Waals surface area (Å²) in [5.41, 5.74) is 0. The molecule has 0 amide bonds. The van der Waals surface area contributed by atoms with Crippen molar-refractivity contribution in [2.24, 2.45) is 0 Å². The Labute approximate surface area is 699 Å². The fourth-order valence-corrected chi connectivity index (χ4v) is 1.40. The molecule has 0 aliphatic heterocycles. The van der Waals surface area contributed by atoms with Crippen LogP contribution in [0.5, 0.6) is 0 Å². The van der Waals surface area contributed by atoms with E-state index in [-0.39, 0.29) is 395 Å². The van der Waals surface area contributed by atoms with Gasteiger partial charge in [0.25, 0.3) is 0 Å². The van der Waals surface area contributed by atoms with Crippen LogP contribution in [0.2, 0.25) is 0 Å². The van der Waals surface area contributed by atoms with Crippen molar-refractivity contribution in [1.29, 1.82) is 0 Å². The number of hydrogen-bond acceptors (Lipinski definition) is 1. The molecule has 0 saturated heterocycles. The number of terminal acetylenes is 2. The van der Waals surface area contributed by atoms with Crippen LogP contribution in [0.4, 0.5) is 0 Å². The van der Waals surface area contributed by atoms with E-state index in [0.717, 1.165) is 0 Å². The zero-order valence-electron chi connectivity index (χ0n) is 38.8. The van der Waals surface area contributed by atoms with Gasteiger partial charge in [-0.05, 0) is 107 Å². The summed E-state index contributed by atoms with van der Waals surface area (Å²) in [6.07, 6.45) is 3.80. The molecule has 0 bridgehead atoms. The predicted molar refractivity (Wildman–Crippen MR) is 296 cm³/mol. The third-order valence-electron chi connectivity index (χ3n) is 2.72. The van der Waals surface area contributed by atoms with Crippen LogP contribution in [0.25, 0.3) is 0 Å². The summed E-state index contributed by atoms with van der Waals surface area (Å²) in [5, 5.41) is 0. The Morgan fingerprint density at radius 2 is 0.485 bits per heavy atom. The smallest absolute Gasteiger partial charge is 1.00 e. The molecular formula is C56H51B3K6P2S+3. The Hall–Kier alpha value is 1.28. The largest absolute Gasteiger partial charge is 1.00 e. The molecule has 2 atom stereocenters. The second-order valence-electron chi connectivity index (χ2n) is 6.31. The molecule has 0 nitrogen and oxygen atoms in total. The Balaban J connectivity index is -0.0000000435. The first-order valence-electron chi connectivity index (χ1n) is 13.4. The van der Waals surface area contributed by atoms with Crippen LogP contribution in [0.1, 0.15) is 80.8 Å². The molecule has 0 aromatic carbocycles. The summed E-state index contributed by atoms with van der Waals surface area (Å²) in [5.74, 6) is 104. The van der Waals surface area contributed by atoms with Crippen LogP contribution >= 0.6 is 17.3 Å². The molecule has 303 valence electrons. The van der Waals surface area contributed by atoms with Crippen molar-refractivity contribution in [2.45, 2.75) is 78.7 Å². The zero-order valence-corrected chi connectivity index (χ0v) is 55.7. The molecule has 0 saturated carbocycles. The molecule has 7 radical (unpaired) electrons. The molecular weight excluding hydrogens is 1030 g/mol. The van der Waals surface area contributed by atoms with Crippen LogP contribution in [0.3, 0.4) is 0 Å². The predicted octanol–water partition coefficient (Wildman–Crippen LogP) is -11.3. The molecule has 2 unspecified atom stereocenters. The average Bonchev–Trinajstić information content (AvgIpc) is 3.16. The fourth-order valence-electron chi connectivity index (χ4n) is 1.33. The molecule has 0 N–H and O–H groups in total. The maximum Gasteiger partial charge on any atom is 1.00 e. The van der Waals surface area contributed by atoms with Gasteiger partial charge in [-0.2, -0.15) is 0 Å². The summed E-state index contributed by atoms with van der Waals surface area (Å²) in [6.45, 7) is 1.63. The first kappa shape index (κ1) is 123. The SMILES string of the molecule is C.C.C.C.C.C.C.C.C.[2H]C#CC.[2H]C#CC#CC#CC#CC#CC#CC#CC#CC#CC#CC#CC#CC#CC#CC#CC#CC#CC#CC#CC#CC#CC([B])([B])P.[3H-].[3H-].[3H-].[B].[CH3-].[K+].[K+].[K+].[K+].[K+].[K+].[PH2+]=S. The Bertz CT molecular complexity index is 2910. The molecule has 12 heteroatoms. The summed E-state index contributed by atoms with van der Waals surface area (Å²) in [6, 6.07) is 0. The monoisotopic (exact) mass is 1090 g/mol. The van der Waals surface area contributed by atoms with E-state index >= 15 is 0 Å². The molecule has 0 aromatic rings. The van der Waals surface area contributed by atoms with Crippen LogP contribution in [-0.4, -0.2) is 29.1 Å². The third-order valence-corrected chi connectivity index (χ3v) is 2.86. The molecule has 68 heavy (non-hydrogen) atoms. The standard InChI is InChI=1S/C43H3B2P.C3H4.9CH4.CH3.B.6K.HPS.3H/c1-2-3-4-5-6-7-8-9-10-11-12-13-14-15-16-17-18-19-20-21-22-23-24-25-26-27-28-29-30-31-32-33-34-35-36-37-38-39-40-41-42-43(44,45)46;1-3-2;;;;;;;;;;;;;;;;;;1-2;;;/h1H,46H2;1H,2H3;9*1H4;1H3;;;;;;;;1H;;;/q;;;;;;;;;;;-1;;6*+1;;3*-1/p+1/i2*1D;;;;;;;;;;;;;;;;;;;3*1+2. The molecule has 0 spiro atoms. The summed E-state index contributed by atoms with van der Waals surface area (Å²) in [4.78, 5) is -1.18. The van der Waals surface area contributed by atoms with E-state index in [1.807, 2.05) is 20.8 Å². The van der Waals surface area contributed by atoms with E-state index in [1.54, 1.807) is 6.92 Å². The van der Waals surface area contributed by atoms with E-state index in [9.17, 15) is 0 Å². The quantitative estimate of drug-likeness (QED) is 0.101. The van der Waals surface area contributed by atoms with Crippen LogP contribution < -0.4 is 308 Å². The minimum Gasteiger partial charge on any atom is -1.00 e. The van der Waals surface area contributed by atoms with Crippen molar-refractivity contribution < 1.29 is 315 Å². The van der Waals surface area contributed by atoms with Crippen molar-refractivity contribution >= 4 is 53.2 Å². The Kier molecular flexibility index (Phi) is 230. The Morgan fingerprint density at radius 1 is 0.368 bits per heavy atom. The van der Waals surface area contributed by atoms with Gasteiger partial charge in [-0.3, -0.25) is 0 Å². The first-order chi connectivity index (χ1) is 26.0. The van der Waals surface area contributed by atoms with Gasteiger partial charge in [0.2, 0.25) is 0 Å². The topological polar surface area (TPSA) is 0 Å². The van der Waals surface area contributed by atoms with Gasteiger partial charge in [-0.1, -0.05) is 72.8 Å².